The zero-order valence-corrected chi connectivity index (χ0v) is 10.3. The van der Waals surface area contributed by atoms with E-state index >= 15 is 0 Å². The van der Waals surface area contributed by atoms with Crippen LogP contribution < -0.4 is 5.32 Å². The van der Waals surface area contributed by atoms with Gasteiger partial charge in [-0.3, -0.25) is 0 Å². The SMILES string of the molecule is CCSCCNc1cc(Cl)ccc1Cl. The summed E-state index contributed by atoms with van der Waals surface area (Å²) >= 11 is 13.7. The summed E-state index contributed by atoms with van der Waals surface area (Å²) in [6.45, 7) is 3.07. The zero-order chi connectivity index (χ0) is 10.4. The van der Waals surface area contributed by atoms with E-state index in [0.717, 1.165) is 28.8 Å². The molecule has 0 saturated carbocycles. The number of hydrogen-bond acceptors (Lipinski definition) is 2. The second-order valence-corrected chi connectivity index (χ2v) is 4.99. The fourth-order valence-corrected chi connectivity index (χ4v) is 1.93. The first kappa shape index (κ1) is 12.0. The predicted octanol–water partition coefficient (Wildman–Crippen LogP) is 4.16. The summed E-state index contributed by atoms with van der Waals surface area (Å²) in [5.41, 5.74) is 0.913. The molecule has 0 heterocycles. The van der Waals surface area contributed by atoms with Crippen LogP contribution in [0.2, 0.25) is 10.0 Å². The first-order valence-corrected chi connectivity index (χ1v) is 6.41. The van der Waals surface area contributed by atoms with E-state index in [4.69, 9.17) is 23.2 Å². The Balaban J connectivity index is 2.45. The maximum atomic E-state index is 5.98. The molecule has 0 bridgehead atoms. The van der Waals surface area contributed by atoms with Gasteiger partial charge in [0.1, 0.15) is 0 Å². The van der Waals surface area contributed by atoms with Crippen LogP contribution in [-0.2, 0) is 0 Å². The quantitative estimate of drug-likeness (QED) is 0.787. The molecule has 0 atom stereocenters. The van der Waals surface area contributed by atoms with Crippen molar-refractivity contribution in [2.24, 2.45) is 0 Å². The van der Waals surface area contributed by atoms with Crippen LogP contribution in [0.3, 0.4) is 0 Å². The molecule has 1 N–H and O–H groups in total. The van der Waals surface area contributed by atoms with Crippen LogP contribution in [0, 0.1) is 0 Å². The van der Waals surface area contributed by atoms with Gasteiger partial charge in [-0.05, 0) is 24.0 Å². The average molecular weight is 250 g/mol. The molecule has 0 unspecified atom stereocenters. The number of rotatable bonds is 5. The second kappa shape index (κ2) is 6.44. The van der Waals surface area contributed by atoms with Crippen LogP contribution in [0.4, 0.5) is 5.69 Å². The number of benzene rings is 1. The maximum Gasteiger partial charge on any atom is 0.0638 e. The van der Waals surface area contributed by atoms with Gasteiger partial charge in [0.25, 0.3) is 0 Å². The van der Waals surface area contributed by atoms with Gasteiger partial charge in [0.2, 0.25) is 0 Å². The molecule has 0 aliphatic heterocycles. The van der Waals surface area contributed by atoms with Crippen LogP contribution >= 0.6 is 35.0 Å². The van der Waals surface area contributed by atoms with Gasteiger partial charge in [0.15, 0.2) is 0 Å². The Labute approximate surface area is 99.2 Å². The molecular formula is C10H13Cl2NS. The van der Waals surface area contributed by atoms with Crippen LogP contribution in [0.5, 0.6) is 0 Å². The van der Waals surface area contributed by atoms with Gasteiger partial charge in [-0.1, -0.05) is 30.1 Å². The lowest BCUT2D eigenvalue weighted by Crippen LogP contribution is -2.04. The van der Waals surface area contributed by atoms with E-state index in [-0.39, 0.29) is 0 Å². The van der Waals surface area contributed by atoms with Crippen LogP contribution in [0.15, 0.2) is 18.2 Å². The number of hydrogen-bond donors (Lipinski definition) is 1. The normalized spacial score (nSPS) is 10.2. The standard InChI is InChI=1S/C10H13Cl2NS/c1-2-14-6-5-13-10-7-8(11)3-4-9(10)12/h3-4,7,13H,2,5-6H2,1H3. The highest BCUT2D eigenvalue weighted by atomic mass is 35.5. The van der Waals surface area contributed by atoms with Crippen molar-refractivity contribution in [3.8, 4) is 0 Å². The molecule has 0 spiro atoms. The Morgan fingerprint density at radius 3 is 2.86 bits per heavy atom. The van der Waals surface area contributed by atoms with Crippen molar-refractivity contribution in [3.63, 3.8) is 0 Å². The predicted molar refractivity (Wildman–Crippen MR) is 68.0 cm³/mol. The summed E-state index contributed by atoms with van der Waals surface area (Å²) in [6.07, 6.45) is 0. The summed E-state index contributed by atoms with van der Waals surface area (Å²) in [4.78, 5) is 0. The van der Waals surface area contributed by atoms with Gasteiger partial charge in [-0.15, -0.1) is 0 Å². The van der Waals surface area contributed by atoms with Crippen molar-refractivity contribution in [1.82, 2.24) is 0 Å². The largest absolute Gasteiger partial charge is 0.383 e. The molecule has 0 aliphatic rings. The van der Waals surface area contributed by atoms with E-state index in [9.17, 15) is 0 Å². The minimum Gasteiger partial charge on any atom is -0.383 e. The molecule has 1 nitrogen and oxygen atoms in total. The van der Waals surface area contributed by atoms with Gasteiger partial charge in [-0.25, -0.2) is 0 Å². The molecule has 0 fully saturated rings. The third-order valence-corrected chi connectivity index (χ3v) is 3.16. The van der Waals surface area contributed by atoms with Gasteiger partial charge in [0, 0.05) is 17.3 Å². The molecule has 0 aliphatic carbocycles. The molecule has 78 valence electrons. The summed E-state index contributed by atoms with van der Waals surface area (Å²) < 4.78 is 0. The molecule has 1 rings (SSSR count). The molecule has 0 radical (unpaired) electrons. The minimum atomic E-state index is 0.708. The summed E-state index contributed by atoms with van der Waals surface area (Å²) in [5.74, 6) is 2.23. The summed E-state index contributed by atoms with van der Waals surface area (Å²) in [6, 6.07) is 5.44. The van der Waals surface area contributed by atoms with Gasteiger partial charge < -0.3 is 5.32 Å². The molecular weight excluding hydrogens is 237 g/mol. The van der Waals surface area contributed by atoms with Gasteiger partial charge >= 0.3 is 0 Å². The van der Waals surface area contributed by atoms with E-state index in [1.807, 2.05) is 17.8 Å². The zero-order valence-electron chi connectivity index (χ0n) is 8.02. The Hall–Kier alpha value is -0.0500. The van der Waals surface area contributed by atoms with Gasteiger partial charge in [-0.2, -0.15) is 11.8 Å². The van der Waals surface area contributed by atoms with Crippen molar-refractivity contribution in [1.29, 1.82) is 0 Å². The highest BCUT2D eigenvalue weighted by molar-refractivity contribution is 7.99. The molecule has 1 aromatic carbocycles. The number of anilines is 1. The lowest BCUT2D eigenvalue weighted by atomic mass is 10.3. The number of nitrogens with one attached hydrogen (secondary N) is 1. The van der Waals surface area contributed by atoms with E-state index in [0.29, 0.717) is 5.02 Å². The minimum absolute atomic E-state index is 0.708. The Bertz CT molecular complexity index is 291. The van der Waals surface area contributed by atoms with Crippen molar-refractivity contribution < 1.29 is 0 Å². The van der Waals surface area contributed by atoms with Crippen molar-refractivity contribution in [2.75, 3.05) is 23.4 Å². The summed E-state index contributed by atoms with van der Waals surface area (Å²) in [5, 5.41) is 4.68. The van der Waals surface area contributed by atoms with Crippen molar-refractivity contribution >= 4 is 40.7 Å². The second-order valence-electron chi connectivity index (χ2n) is 2.75. The molecule has 4 heteroatoms. The topological polar surface area (TPSA) is 12.0 Å². The van der Waals surface area contributed by atoms with E-state index in [1.165, 1.54) is 0 Å². The van der Waals surface area contributed by atoms with Crippen LogP contribution in [-0.4, -0.2) is 18.1 Å². The Morgan fingerprint density at radius 1 is 1.36 bits per heavy atom. The first-order valence-electron chi connectivity index (χ1n) is 4.50. The number of thioether (sulfide) groups is 1. The molecule has 14 heavy (non-hydrogen) atoms. The molecule has 1 aromatic rings. The fourth-order valence-electron chi connectivity index (χ4n) is 1.04. The Morgan fingerprint density at radius 2 is 2.14 bits per heavy atom. The van der Waals surface area contributed by atoms with Gasteiger partial charge in [0.05, 0.1) is 10.7 Å². The van der Waals surface area contributed by atoms with Crippen molar-refractivity contribution in [2.45, 2.75) is 6.92 Å². The molecule has 0 amide bonds. The van der Waals surface area contributed by atoms with E-state index in [2.05, 4.69) is 12.2 Å². The first-order chi connectivity index (χ1) is 6.74. The van der Waals surface area contributed by atoms with E-state index < -0.39 is 0 Å². The van der Waals surface area contributed by atoms with Crippen LogP contribution in [0.1, 0.15) is 6.92 Å². The van der Waals surface area contributed by atoms with Crippen molar-refractivity contribution in [3.05, 3.63) is 28.2 Å². The smallest absolute Gasteiger partial charge is 0.0638 e. The average Bonchev–Trinajstić information content (AvgIpc) is 2.18. The fraction of sp³-hybridized carbons (Fsp3) is 0.400. The highest BCUT2D eigenvalue weighted by Gasteiger charge is 1.99. The third-order valence-electron chi connectivity index (χ3n) is 1.69. The summed E-state index contributed by atoms with van der Waals surface area (Å²) in [7, 11) is 0. The lowest BCUT2D eigenvalue weighted by Gasteiger charge is -2.07. The number of halogens is 2. The molecule has 0 aromatic heterocycles. The van der Waals surface area contributed by atoms with Crippen LogP contribution in [0.25, 0.3) is 0 Å². The van der Waals surface area contributed by atoms with E-state index in [1.54, 1.807) is 12.1 Å². The third kappa shape index (κ3) is 3.99. The monoisotopic (exact) mass is 249 g/mol. The maximum absolute atomic E-state index is 5.98. The molecule has 0 saturated heterocycles. The lowest BCUT2D eigenvalue weighted by molar-refractivity contribution is 1.23. The Kier molecular flexibility index (Phi) is 5.53. The highest BCUT2D eigenvalue weighted by Crippen LogP contribution is 2.25.